The molecule has 148 valence electrons. The van der Waals surface area contributed by atoms with Crippen LogP contribution in [-0.2, 0) is 20.9 Å². The van der Waals surface area contributed by atoms with Crippen molar-refractivity contribution < 1.29 is 19.4 Å². The molecular formula is C21H30N2O4. The van der Waals surface area contributed by atoms with Gasteiger partial charge in [-0.15, -0.1) is 0 Å². The number of hydrogen-bond donors (Lipinski definition) is 2. The van der Waals surface area contributed by atoms with E-state index in [-0.39, 0.29) is 6.54 Å². The summed E-state index contributed by atoms with van der Waals surface area (Å²) >= 11 is 0. The molecule has 1 aromatic carbocycles. The number of β-amino-alcohol motifs (C(OH)–C–C–N with tert-alkyl or cyclic N) is 1. The van der Waals surface area contributed by atoms with Gasteiger partial charge in [0, 0.05) is 18.8 Å². The molecule has 1 saturated carbocycles. The summed E-state index contributed by atoms with van der Waals surface area (Å²) in [6.07, 6.45) is 5.86. The zero-order valence-corrected chi connectivity index (χ0v) is 16.0. The molecule has 0 spiro atoms. The Bertz CT molecular complexity index is 663. The zero-order valence-electron chi connectivity index (χ0n) is 16.0. The van der Waals surface area contributed by atoms with Crippen molar-refractivity contribution in [2.24, 2.45) is 5.92 Å². The van der Waals surface area contributed by atoms with Crippen LogP contribution in [0.2, 0.25) is 0 Å². The maximum atomic E-state index is 12.3. The van der Waals surface area contributed by atoms with Crippen LogP contribution in [0.4, 0.5) is 5.69 Å². The van der Waals surface area contributed by atoms with Crippen molar-refractivity contribution in [2.75, 3.05) is 18.4 Å². The smallest absolute Gasteiger partial charge is 0.313 e. The average Bonchev–Trinajstić information content (AvgIpc) is 2.66. The van der Waals surface area contributed by atoms with Crippen LogP contribution in [0.1, 0.15) is 51.0 Å². The predicted octanol–water partition coefficient (Wildman–Crippen LogP) is 2.70. The van der Waals surface area contributed by atoms with E-state index in [2.05, 4.69) is 12.2 Å². The first-order valence-electron chi connectivity index (χ1n) is 10.00. The normalized spacial score (nSPS) is 25.9. The molecule has 6 heteroatoms. The molecule has 1 saturated heterocycles. The number of likely N-dealkylation sites (tertiary alicyclic amines) is 1. The standard InChI is InChI=1S/C21H30N2O4/c1-15-5-2-9-19(11-15)27-14-16-6-3-7-17(12-16)22-20(25)21(26)23-10-4-8-18(24)13-23/h3,6-7,12,15,18-19,24H,2,4-5,8-11,13-14H2,1H3,(H,22,25)/t15-,18-,19-/m1/s1. The number of nitrogens with one attached hydrogen (secondary N) is 1. The van der Waals surface area contributed by atoms with Crippen LogP contribution in [-0.4, -0.2) is 47.1 Å². The highest BCUT2D eigenvalue weighted by molar-refractivity contribution is 6.39. The maximum Gasteiger partial charge on any atom is 0.313 e. The summed E-state index contributed by atoms with van der Waals surface area (Å²) in [7, 11) is 0. The van der Waals surface area contributed by atoms with Crippen LogP contribution in [0.5, 0.6) is 0 Å². The highest BCUT2D eigenvalue weighted by Crippen LogP contribution is 2.26. The number of ether oxygens (including phenoxy) is 1. The lowest BCUT2D eigenvalue weighted by Crippen LogP contribution is -2.46. The minimum absolute atomic E-state index is 0.222. The number of carbonyl (C=O) groups excluding carboxylic acids is 2. The van der Waals surface area contributed by atoms with E-state index in [0.29, 0.717) is 43.7 Å². The second kappa shape index (κ2) is 9.33. The third kappa shape index (κ3) is 5.78. The van der Waals surface area contributed by atoms with Gasteiger partial charge in [-0.3, -0.25) is 9.59 Å². The van der Waals surface area contributed by atoms with Gasteiger partial charge in [0.25, 0.3) is 0 Å². The average molecular weight is 374 g/mol. The molecule has 0 aromatic heterocycles. The highest BCUT2D eigenvalue weighted by Gasteiger charge is 2.27. The van der Waals surface area contributed by atoms with Crippen molar-refractivity contribution >= 4 is 17.5 Å². The molecule has 2 fully saturated rings. The van der Waals surface area contributed by atoms with Crippen LogP contribution >= 0.6 is 0 Å². The summed E-state index contributed by atoms with van der Waals surface area (Å²) in [5, 5.41) is 12.4. The summed E-state index contributed by atoms with van der Waals surface area (Å²) in [5.41, 5.74) is 1.57. The quantitative estimate of drug-likeness (QED) is 0.794. The van der Waals surface area contributed by atoms with Gasteiger partial charge >= 0.3 is 11.8 Å². The Labute approximate surface area is 160 Å². The Hall–Kier alpha value is -1.92. The van der Waals surface area contributed by atoms with E-state index in [4.69, 9.17) is 4.74 Å². The van der Waals surface area contributed by atoms with E-state index in [9.17, 15) is 14.7 Å². The summed E-state index contributed by atoms with van der Waals surface area (Å²) in [6, 6.07) is 7.43. The number of anilines is 1. The van der Waals surface area contributed by atoms with Gasteiger partial charge < -0.3 is 20.1 Å². The Kier molecular flexibility index (Phi) is 6.85. The van der Waals surface area contributed by atoms with Crippen LogP contribution in [0.3, 0.4) is 0 Å². The number of aliphatic hydroxyl groups is 1. The Balaban J connectivity index is 1.52. The molecule has 1 aromatic rings. The number of rotatable bonds is 4. The second-order valence-corrected chi connectivity index (χ2v) is 7.91. The van der Waals surface area contributed by atoms with Gasteiger partial charge in [-0.25, -0.2) is 0 Å². The van der Waals surface area contributed by atoms with E-state index in [0.717, 1.165) is 18.4 Å². The van der Waals surface area contributed by atoms with Gasteiger partial charge in [0.1, 0.15) is 0 Å². The molecule has 1 aliphatic carbocycles. The number of nitrogens with zero attached hydrogens (tertiary/aromatic N) is 1. The molecule has 6 nitrogen and oxygen atoms in total. The fraction of sp³-hybridized carbons (Fsp3) is 0.619. The molecule has 2 aliphatic rings. The van der Waals surface area contributed by atoms with Crippen LogP contribution < -0.4 is 5.32 Å². The molecule has 27 heavy (non-hydrogen) atoms. The number of piperidine rings is 1. The molecule has 0 radical (unpaired) electrons. The van der Waals surface area contributed by atoms with Crippen LogP contribution in [0.25, 0.3) is 0 Å². The third-order valence-corrected chi connectivity index (χ3v) is 5.44. The van der Waals surface area contributed by atoms with Crippen molar-refractivity contribution in [1.29, 1.82) is 0 Å². The predicted molar refractivity (Wildman–Crippen MR) is 103 cm³/mol. The summed E-state index contributed by atoms with van der Waals surface area (Å²) in [5.74, 6) is -0.538. The van der Waals surface area contributed by atoms with E-state index >= 15 is 0 Å². The first-order valence-corrected chi connectivity index (χ1v) is 10.00. The number of benzene rings is 1. The molecule has 0 bridgehead atoms. The Morgan fingerprint density at radius 2 is 2.11 bits per heavy atom. The van der Waals surface area contributed by atoms with Gasteiger partial charge in [-0.05, 0) is 49.3 Å². The van der Waals surface area contributed by atoms with E-state index in [1.54, 1.807) is 6.07 Å². The van der Waals surface area contributed by atoms with E-state index in [1.165, 1.54) is 17.7 Å². The lowest BCUT2D eigenvalue weighted by atomic mass is 9.89. The number of aliphatic hydroxyl groups excluding tert-OH is 1. The fourth-order valence-electron chi connectivity index (χ4n) is 3.95. The van der Waals surface area contributed by atoms with Crippen molar-refractivity contribution in [3.8, 4) is 0 Å². The van der Waals surface area contributed by atoms with E-state index in [1.807, 2.05) is 18.2 Å². The van der Waals surface area contributed by atoms with Gasteiger partial charge in [0.15, 0.2) is 0 Å². The number of amides is 2. The highest BCUT2D eigenvalue weighted by atomic mass is 16.5. The molecule has 1 heterocycles. The van der Waals surface area contributed by atoms with Gasteiger partial charge in [0.2, 0.25) is 0 Å². The topological polar surface area (TPSA) is 78.9 Å². The largest absolute Gasteiger partial charge is 0.391 e. The van der Waals surface area contributed by atoms with E-state index < -0.39 is 17.9 Å². The van der Waals surface area contributed by atoms with Gasteiger partial charge in [-0.2, -0.15) is 0 Å². The molecule has 1 aliphatic heterocycles. The first kappa shape index (κ1) is 19.8. The summed E-state index contributed by atoms with van der Waals surface area (Å²) in [4.78, 5) is 25.9. The SMILES string of the molecule is C[C@@H]1CCC[C@@H](OCc2cccc(NC(=O)C(=O)N3CCC[C@@H](O)C3)c2)C1. The first-order chi connectivity index (χ1) is 13.0. The van der Waals surface area contributed by atoms with Crippen LogP contribution in [0.15, 0.2) is 24.3 Å². The molecule has 0 unspecified atom stereocenters. The molecule has 3 atom stereocenters. The maximum absolute atomic E-state index is 12.3. The van der Waals surface area contributed by atoms with Crippen molar-refractivity contribution in [3.63, 3.8) is 0 Å². The lowest BCUT2D eigenvalue weighted by Gasteiger charge is -2.29. The fourth-order valence-corrected chi connectivity index (χ4v) is 3.95. The molecule has 2 N–H and O–H groups in total. The minimum Gasteiger partial charge on any atom is -0.391 e. The third-order valence-electron chi connectivity index (χ3n) is 5.44. The zero-order chi connectivity index (χ0) is 19.2. The van der Waals surface area contributed by atoms with Crippen LogP contribution in [0, 0.1) is 5.92 Å². The van der Waals surface area contributed by atoms with Gasteiger partial charge in [0.05, 0.1) is 18.8 Å². The molecule has 2 amide bonds. The monoisotopic (exact) mass is 374 g/mol. The van der Waals surface area contributed by atoms with Crippen molar-refractivity contribution in [3.05, 3.63) is 29.8 Å². The molecular weight excluding hydrogens is 344 g/mol. The second-order valence-electron chi connectivity index (χ2n) is 7.91. The number of carbonyl (C=O) groups is 2. The van der Waals surface area contributed by atoms with Gasteiger partial charge in [-0.1, -0.05) is 31.9 Å². The molecule has 3 rings (SSSR count). The summed E-state index contributed by atoms with van der Waals surface area (Å²) in [6.45, 7) is 3.51. The summed E-state index contributed by atoms with van der Waals surface area (Å²) < 4.78 is 6.04. The van der Waals surface area contributed by atoms with Crippen molar-refractivity contribution in [1.82, 2.24) is 4.90 Å². The number of hydrogen-bond acceptors (Lipinski definition) is 4. The lowest BCUT2D eigenvalue weighted by molar-refractivity contribution is -0.145. The van der Waals surface area contributed by atoms with Crippen molar-refractivity contribution in [2.45, 2.75) is 64.3 Å². The Morgan fingerprint density at radius 3 is 2.89 bits per heavy atom. The Morgan fingerprint density at radius 1 is 1.26 bits per heavy atom. The minimum atomic E-state index is -0.664.